The highest BCUT2D eigenvalue weighted by molar-refractivity contribution is 7.07. The Kier molecular flexibility index (Phi) is 1.79. The van der Waals surface area contributed by atoms with E-state index in [-0.39, 0.29) is 12.1 Å². The molecule has 2 heterocycles. The van der Waals surface area contributed by atoms with Gasteiger partial charge in [0.25, 0.3) is 0 Å². The van der Waals surface area contributed by atoms with Crippen LogP contribution >= 0.6 is 11.3 Å². The molecule has 15 heavy (non-hydrogen) atoms. The quantitative estimate of drug-likeness (QED) is 0.815. The van der Waals surface area contributed by atoms with E-state index in [2.05, 4.69) is 9.98 Å². The minimum atomic E-state index is -0.226. The van der Waals surface area contributed by atoms with E-state index in [9.17, 15) is 4.79 Å². The number of rotatable bonds is 2. The molecule has 1 saturated carbocycles. The van der Waals surface area contributed by atoms with Crippen molar-refractivity contribution in [2.45, 2.75) is 24.9 Å². The topological polar surface area (TPSA) is 71.6 Å². The zero-order chi connectivity index (χ0) is 10.4. The summed E-state index contributed by atoms with van der Waals surface area (Å²) in [6.07, 6.45) is 2.10. The molecule has 2 aliphatic rings. The number of aromatic nitrogens is 1. The number of carbonyl (C=O) groups is 1. The third-order valence-corrected chi connectivity index (χ3v) is 3.28. The molecule has 1 aromatic heterocycles. The number of nitrogens with two attached hydrogens (primary N) is 1. The molecule has 0 aromatic carbocycles. The Morgan fingerprint density at radius 3 is 2.93 bits per heavy atom. The largest absolute Gasteiger partial charge is 0.385 e. The smallest absolute Gasteiger partial charge is 0.346 e. The molecule has 78 valence electrons. The third-order valence-electron chi connectivity index (χ3n) is 2.68. The Morgan fingerprint density at radius 1 is 1.53 bits per heavy atom. The number of nitrogens with zero attached hydrogens (tertiary/aromatic N) is 3. The second-order valence-electron chi connectivity index (χ2n) is 3.77. The number of thiazole rings is 1. The SMILES string of the molecule is NC1=NC(=O)N(C2CC2)C1c1cscn1. The molecule has 1 atom stereocenters. The van der Waals surface area contributed by atoms with Crippen molar-refractivity contribution < 1.29 is 4.79 Å². The third kappa shape index (κ3) is 1.32. The van der Waals surface area contributed by atoms with Crippen LogP contribution in [0, 0.1) is 0 Å². The summed E-state index contributed by atoms with van der Waals surface area (Å²) in [6, 6.07) is -0.127. The van der Waals surface area contributed by atoms with E-state index in [1.54, 1.807) is 10.4 Å². The molecule has 0 saturated heterocycles. The van der Waals surface area contributed by atoms with Gasteiger partial charge in [-0.2, -0.15) is 4.99 Å². The molecular weight excluding hydrogens is 212 g/mol. The van der Waals surface area contributed by atoms with Gasteiger partial charge in [0.2, 0.25) is 0 Å². The maximum absolute atomic E-state index is 11.6. The van der Waals surface area contributed by atoms with Crippen molar-refractivity contribution in [1.29, 1.82) is 0 Å². The summed E-state index contributed by atoms with van der Waals surface area (Å²) >= 11 is 1.50. The highest BCUT2D eigenvalue weighted by Gasteiger charge is 2.44. The second-order valence-corrected chi connectivity index (χ2v) is 4.49. The van der Waals surface area contributed by atoms with Crippen molar-refractivity contribution >= 4 is 23.2 Å². The first-order chi connectivity index (χ1) is 7.27. The second kappa shape index (κ2) is 3.03. The van der Waals surface area contributed by atoms with Gasteiger partial charge < -0.3 is 10.6 Å². The summed E-state index contributed by atoms with van der Waals surface area (Å²) in [5.41, 5.74) is 8.35. The van der Waals surface area contributed by atoms with Crippen molar-refractivity contribution in [1.82, 2.24) is 9.88 Å². The molecule has 1 aliphatic heterocycles. The molecule has 0 radical (unpaired) electrons. The van der Waals surface area contributed by atoms with Crippen LogP contribution in [0.3, 0.4) is 0 Å². The minimum absolute atomic E-state index is 0.215. The van der Waals surface area contributed by atoms with Crippen molar-refractivity contribution in [2.24, 2.45) is 10.7 Å². The fourth-order valence-electron chi connectivity index (χ4n) is 1.85. The van der Waals surface area contributed by atoms with E-state index in [4.69, 9.17) is 5.73 Å². The van der Waals surface area contributed by atoms with Crippen LogP contribution in [-0.4, -0.2) is 27.8 Å². The predicted molar refractivity (Wildman–Crippen MR) is 56.7 cm³/mol. The lowest BCUT2D eigenvalue weighted by Crippen LogP contribution is -2.35. The number of carbonyl (C=O) groups excluding carboxylic acids is 1. The molecule has 2 N–H and O–H groups in total. The lowest BCUT2D eigenvalue weighted by Gasteiger charge is -2.22. The number of urea groups is 1. The number of hydrogen-bond donors (Lipinski definition) is 1. The summed E-state index contributed by atoms with van der Waals surface area (Å²) in [7, 11) is 0. The molecule has 2 amide bonds. The Labute approximate surface area is 90.6 Å². The first kappa shape index (κ1) is 8.84. The van der Waals surface area contributed by atoms with E-state index >= 15 is 0 Å². The maximum Gasteiger partial charge on any atom is 0.346 e. The highest BCUT2D eigenvalue weighted by Crippen LogP contribution is 2.37. The van der Waals surface area contributed by atoms with Crippen molar-refractivity contribution in [2.75, 3.05) is 0 Å². The number of amides is 2. The van der Waals surface area contributed by atoms with Gasteiger partial charge in [-0.3, -0.25) is 0 Å². The standard InChI is InChI=1S/C9H10N4OS/c10-8-7(6-3-15-4-11-6)13(5-1-2-5)9(14)12-8/h3-5,7H,1-2H2,(H2,10,12,14). The van der Waals surface area contributed by atoms with E-state index in [0.717, 1.165) is 18.5 Å². The molecular formula is C9H10N4OS. The Hall–Kier alpha value is -1.43. The maximum atomic E-state index is 11.6. The summed E-state index contributed by atoms with van der Waals surface area (Å²) in [4.78, 5) is 21.4. The Balaban J connectivity index is 1.97. The van der Waals surface area contributed by atoms with Gasteiger partial charge in [0.15, 0.2) is 0 Å². The fraction of sp³-hybridized carbons (Fsp3) is 0.444. The van der Waals surface area contributed by atoms with Gasteiger partial charge >= 0.3 is 6.03 Å². The number of aliphatic imine (C=N–C) groups is 1. The van der Waals surface area contributed by atoms with Gasteiger partial charge in [0.05, 0.1) is 11.2 Å². The Morgan fingerprint density at radius 2 is 2.33 bits per heavy atom. The van der Waals surface area contributed by atoms with Crippen molar-refractivity contribution in [3.63, 3.8) is 0 Å². The van der Waals surface area contributed by atoms with Gasteiger partial charge in [-0.25, -0.2) is 9.78 Å². The van der Waals surface area contributed by atoms with E-state index in [0.29, 0.717) is 11.9 Å². The van der Waals surface area contributed by atoms with Gasteiger partial charge in [-0.05, 0) is 12.8 Å². The predicted octanol–water partition coefficient (Wildman–Crippen LogP) is 1.14. The highest BCUT2D eigenvalue weighted by atomic mass is 32.1. The van der Waals surface area contributed by atoms with Crippen molar-refractivity contribution in [3.8, 4) is 0 Å². The molecule has 1 fully saturated rings. The van der Waals surface area contributed by atoms with Gasteiger partial charge in [0, 0.05) is 11.4 Å². The normalized spacial score (nSPS) is 25.9. The zero-order valence-corrected chi connectivity index (χ0v) is 8.78. The molecule has 0 bridgehead atoms. The average molecular weight is 222 g/mol. The lowest BCUT2D eigenvalue weighted by molar-refractivity contribution is 0.203. The van der Waals surface area contributed by atoms with Crippen LogP contribution < -0.4 is 5.73 Å². The average Bonchev–Trinajstić information content (AvgIpc) is 2.79. The number of amidine groups is 1. The fourth-order valence-corrected chi connectivity index (χ4v) is 2.43. The molecule has 1 aromatic rings. The van der Waals surface area contributed by atoms with E-state index < -0.39 is 0 Å². The summed E-state index contributed by atoms with van der Waals surface area (Å²) in [5, 5.41) is 1.92. The monoisotopic (exact) mass is 222 g/mol. The molecule has 0 spiro atoms. The van der Waals surface area contributed by atoms with Gasteiger partial charge in [-0.1, -0.05) is 0 Å². The first-order valence-electron chi connectivity index (χ1n) is 4.82. The summed E-state index contributed by atoms with van der Waals surface area (Å²) in [6.45, 7) is 0. The minimum Gasteiger partial charge on any atom is -0.385 e. The van der Waals surface area contributed by atoms with E-state index in [1.165, 1.54) is 11.3 Å². The van der Waals surface area contributed by atoms with Gasteiger partial charge in [-0.15, -0.1) is 11.3 Å². The van der Waals surface area contributed by atoms with Crippen molar-refractivity contribution in [3.05, 3.63) is 16.6 Å². The first-order valence-corrected chi connectivity index (χ1v) is 5.76. The van der Waals surface area contributed by atoms with Crippen LogP contribution in [0.15, 0.2) is 15.9 Å². The lowest BCUT2D eigenvalue weighted by atomic mass is 10.2. The summed E-state index contributed by atoms with van der Waals surface area (Å²) < 4.78 is 0. The molecule has 5 nitrogen and oxygen atoms in total. The zero-order valence-electron chi connectivity index (χ0n) is 7.96. The van der Waals surface area contributed by atoms with Gasteiger partial charge in [0.1, 0.15) is 11.9 Å². The van der Waals surface area contributed by atoms with Crippen LogP contribution in [0.2, 0.25) is 0 Å². The van der Waals surface area contributed by atoms with Crippen LogP contribution in [0.4, 0.5) is 4.79 Å². The molecule has 6 heteroatoms. The summed E-state index contributed by atoms with van der Waals surface area (Å²) in [5.74, 6) is 0.373. The Bertz CT molecular complexity index is 423. The van der Waals surface area contributed by atoms with Crippen LogP contribution in [0.5, 0.6) is 0 Å². The molecule has 1 unspecified atom stereocenters. The van der Waals surface area contributed by atoms with Crippen LogP contribution in [0.25, 0.3) is 0 Å². The number of hydrogen-bond acceptors (Lipinski definition) is 4. The van der Waals surface area contributed by atoms with Crippen LogP contribution in [0.1, 0.15) is 24.6 Å². The van der Waals surface area contributed by atoms with Crippen LogP contribution in [-0.2, 0) is 0 Å². The van der Waals surface area contributed by atoms with E-state index in [1.807, 2.05) is 5.38 Å². The molecule has 1 aliphatic carbocycles. The molecule has 3 rings (SSSR count).